The molecule has 0 fully saturated rings. The summed E-state index contributed by atoms with van der Waals surface area (Å²) < 4.78 is 0. The van der Waals surface area contributed by atoms with Crippen LogP contribution in [0.4, 0.5) is 0 Å². The zero-order valence-corrected chi connectivity index (χ0v) is 9.23. The van der Waals surface area contributed by atoms with Crippen molar-refractivity contribution in [1.29, 1.82) is 0 Å². The summed E-state index contributed by atoms with van der Waals surface area (Å²) in [4.78, 5) is 12.6. The van der Waals surface area contributed by atoms with E-state index in [9.17, 15) is 4.79 Å². The third kappa shape index (κ3) is 5.94. The summed E-state index contributed by atoms with van der Waals surface area (Å²) in [6.07, 6.45) is 0. The molecule has 0 rings (SSSR count). The van der Waals surface area contributed by atoms with E-state index in [4.69, 9.17) is 10.2 Å². The van der Waals surface area contributed by atoms with E-state index in [1.54, 1.807) is 6.92 Å². The third-order valence-electron chi connectivity index (χ3n) is 1.99. The number of hydrogen-bond donors (Lipinski definition) is 2. The van der Waals surface area contributed by atoms with Gasteiger partial charge < -0.3 is 10.2 Å². The zero-order chi connectivity index (χ0) is 11.1. The number of carboxylic acid groups (broad SMARTS) is 1. The van der Waals surface area contributed by atoms with E-state index in [-0.39, 0.29) is 12.5 Å². The molecule has 14 heavy (non-hydrogen) atoms. The number of aliphatic hydroxyl groups excluding tert-OH is 1. The first-order valence-electron chi connectivity index (χ1n) is 5.03. The molecule has 0 aromatic heterocycles. The predicted octanol–water partition coefficient (Wildman–Crippen LogP) is 0.657. The topological polar surface area (TPSA) is 60.8 Å². The number of carboxylic acids is 1. The molecule has 0 saturated heterocycles. The van der Waals surface area contributed by atoms with E-state index in [2.05, 4.69) is 13.8 Å². The van der Waals surface area contributed by atoms with Crippen LogP contribution in [-0.2, 0) is 4.79 Å². The molecular formula is C10H21NO3. The predicted molar refractivity (Wildman–Crippen MR) is 55.2 cm³/mol. The molecule has 0 aromatic carbocycles. The van der Waals surface area contributed by atoms with Crippen molar-refractivity contribution in [2.45, 2.75) is 20.8 Å². The van der Waals surface area contributed by atoms with E-state index in [1.807, 2.05) is 4.90 Å². The molecule has 1 atom stereocenters. The monoisotopic (exact) mass is 203 g/mol. The molecule has 0 heterocycles. The van der Waals surface area contributed by atoms with Crippen molar-refractivity contribution in [2.24, 2.45) is 11.8 Å². The zero-order valence-electron chi connectivity index (χ0n) is 9.23. The molecule has 0 bridgehead atoms. The van der Waals surface area contributed by atoms with Gasteiger partial charge in [-0.2, -0.15) is 0 Å². The molecular weight excluding hydrogens is 182 g/mol. The number of hydrogen-bond acceptors (Lipinski definition) is 3. The lowest BCUT2D eigenvalue weighted by atomic mass is 10.1. The molecule has 0 saturated carbocycles. The fourth-order valence-corrected chi connectivity index (χ4v) is 1.38. The quantitative estimate of drug-likeness (QED) is 0.638. The van der Waals surface area contributed by atoms with E-state index in [0.717, 1.165) is 6.54 Å². The molecule has 0 aromatic rings. The summed E-state index contributed by atoms with van der Waals surface area (Å²) >= 11 is 0. The first kappa shape index (κ1) is 13.4. The Morgan fingerprint density at radius 1 is 1.29 bits per heavy atom. The van der Waals surface area contributed by atoms with Crippen LogP contribution in [0.1, 0.15) is 20.8 Å². The molecule has 1 unspecified atom stereocenters. The molecule has 4 heteroatoms. The smallest absolute Gasteiger partial charge is 0.307 e. The Hall–Kier alpha value is -0.610. The summed E-state index contributed by atoms with van der Waals surface area (Å²) in [6.45, 7) is 7.82. The first-order chi connectivity index (χ1) is 6.47. The van der Waals surface area contributed by atoms with Gasteiger partial charge in [0.15, 0.2) is 0 Å². The summed E-state index contributed by atoms with van der Waals surface area (Å²) in [5.41, 5.74) is 0. The Balaban J connectivity index is 4.01. The van der Waals surface area contributed by atoms with E-state index in [0.29, 0.717) is 19.0 Å². The summed E-state index contributed by atoms with van der Waals surface area (Å²) in [7, 11) is 0. The van der Waals surface area contributed by atoms with Crippen LogP contribution in [0.25, 0.3) is 0 Å². The molecule has 0 aliphatic rings. The van der Waals surface area contributed by atoms with Crippen LogP contribution in [0.3, 0.4) is 0 Å². The Morgan fingerprint density at radius 3 is 2.21 bits per heavy atom. The number of nitrogens with zero attached hydrogens (tertiary/aromatic N) is 1. The number of carbonyl (C=O) groups is 1. The fraction of sp³-hybridized carbons (Fsp3) is 0.900. The van der Waals surface area contributed by atoms with Crippen molar-refractivity contribution in [3.63, 3.8) is 0 Å². The van der Waals surface area contributed by atoms with Crippen molar-refractivity contribution in [3.8, 4) is 0 Å². The second-order valence-corrected chi connectivity index (χ2v) is 4.12. The van der Waals surface area contributed by atoms with Crippen LogP contribution in [0.2, 0.25) is 0 Å². The van der Waals surface area contributed by atoms with Crippen molar-refractivity contribution in [3.05, 3.63) is 0 Å². The van der Waals surface area contributed by atoms with Gasteiger partial charge in [-0.1, -0.05) is 20.8 Å². The fourth-order valence-electron chi connectivity index (χ4n) is 1.38. The average molecular weight is 203 g/mol. The molecule has 0 radical (unpaired) electrons. The maximum Gasteiger partial charge on any atom is 0.307 e. The van der Waals surface area contributed by atoms with Gasteiger partial charge >= 0.3 is 5.97 Å². The maximum absolute atomic E-state index is 10.6. The van der Waals surface area contributed by atoms with Gasteiger partial charge in [0.25, 0.3) is 0 Å². The van der Waals surface area contributed by atoms with E-state index in [1.165, 1.54) is 0 Å². The van der Waals surface area contributed by atoms with Gasteiger partial charge in [0.05, 0.1) is 12.5 Å². The molecule has 0 spiro atoms. The van der Waals surface area contributed by atoms with Gasteiger partial charge in [0, 0.05) is 19.6 Å². The Bertz CT molecular complexity index is 171. The highest BCUT2D eigenvalue weighted by molar-refractivity contribution is 5.69. The lowest BCUT2D eigenvalue weighted by molar-refractivity contribution is -0.141. The van der Waals surface area contributed by atoms with Crippen LogP contribution in [0.15, 0.2) is 0 Å². The highest BCUT2D eigenvalue weighted by Gasteiger charge is 2.16. The Morgan fingerprint density at radius 2 is 1.86 bits per heavy atom. The molecule has 0 aliphatic carbocycles. The van der Waals surface area contributed by atoms with Crippen molar-refractivity contribution in [1.82, 2.24) is 4.90 Å². The summed E-state index contributed by atoms with van der Waals surface area (Å²) in [5.74, 6) is -0.667. The van der Waals surface area contributed by atoms with Crippen LogP contribution >= 0.6 is 0 Å². The van der Waals surface area contributed by atoms with E-state index < -0.39 is 5.97 Å². The van der Waals surface area contributed by atoms with Gasteiger partial charge in [-0.15, -0.1) is 0 Å². The van der Waals surface area contributed by atoms with Crippen LogP contribution in [0.5, 0.6) is 0 Å². The van der Waals surface area contributed by atoms with Gasteiger partial charge in [-0.3, -0.25) is 9.69 Å². The normalized spacial score (nSPS) is 13.6. The highest BCUT2D eigenvalue weighted by Crippen LogP contribution is 2.03. The largest absolute Gasteiger partial charge is 0.481 e. The van der Waals surface area contributed by atoms with Gasteiger partial charge in [-0.05, 0) is 5.92 Å². The molecule has 0 amide bonds. The summed E-state index contributed by atoms with van der Waals surface area (Å²) in [6, 6.07) is 0. The van der Waals surface area contributed by atoms with Gasteiger partial charge in [-0.25, -0.2) is 0 Å². The van der Waals surface area contributed by atoms with Crippen molar-refractivity contribution < 1.29 is 15.0 Å². The molecule has 0 aliphatic heterocycles. The van der Waals surface area contributed by atoms with Crippen LogP contribution < -0.4 is 0 Å². The summed E-state index contributed by atoms with van der Waals surface area (Å²) in [5, 5.41) is 17.6. The van der Waals surface area contributed by atoms with Crippen LogP contribution in [-0.4, -0.2) is 47.3 Å². The molecule has 4 nitrogen and oxygen atoms in total. The first-order valence-corrected chi connectivity index (χ1v) is 5.03. The molecule has 84 valence electrons. The number of aliphatic hydroxyl groups is 1. The van der Waals surface area contributed by atoms with Gasteiger partial charge in [0.1, 0.15) is 0 Å². The minimum atomic E-state index is -0.781. The lowest BCUT2D eigenvalue weighted by Gasteiger charge is -2.24. The Labute approximate surface area is 85.5 Å². The van der Waals surface area contributed by atoms with Gasteiger partial charge in [0.2, 0.25) is 0 Å². The minimum Gasteiger partial charge on any atom is -0.481 e. The standard InChI is InChI=1S/C10H21NO3/c1-8(2)6-11(4-5-12)7-9(3)10(13)14/h8-9,12H,4-7H2,1-3H3,(H,13,14). The molecule has 2 N–H and O–H groups in total. The van der Waals surface area contributed by atoms with Crippen molar-refractivity contribution >= 4 is 5.97 Å². The maximum atomic E-state index is 10.6. The highest BCUT2D eigenvalue weighted by atomic mass is 16.4. The van der Waals surface area contributed by atoms with Crippen LogP contribution in [0, 0.1) is 11.8 Å². The number of rotatable bonds is 7. The Kier molecular flexibility index (Phi) is 6.49. The second-order valence-electron chi connectivity index (χ2n) is 4.12. The van der Waals surface area contributed by atoms with Crippen molar-refractivity contribution in [2.75, 3.05) is 26.2 Å². The number of aliphatic carboxylic acids is 1. The lowest BCUT2D eigenvalue weighted by Crippen LogP contribution is -2.36. The van der Waals surface area contributed by atoms with E-state index >= 15 is 0 Å². The second kappa shape index (κ2) is 6.79. The average Bonchev–Trinajstić information content (AvgIpc) is 2.02. The minimum absolute atomic E-state index is 0.0824. The SMILES string of the molecule is CC(C)CN(CCO)CC(C)C(=O)O. The third-order valence-corrected chi connectivity index (χ3v) is 1.99.